The Hall–Kier alpha value is -1.18. The van der Waals surface area contributed by atoms with Crippen molar-refractivity contribution in [2.45, 2.75) is 31.2 Å². The summed E-state index contributed by atoms with van der Waals surface area (Å²) in [6.07, 6.45) is 0.456. The van der Waals surface area contributed by atoms with Crippen LogP contribution in [-0.2, 0) is 14.8 Å². The molecule has 1 aromatic carbocycles. The van der Waals surface area contributed by atoms with Crippen molar-refractivity contribution in [2.75, 3.05) is 0 Å². The van der Waals surface area contributed by atoms with E-state index in [1.165, 1.54) is 12.1 Å². The van der Waals surface area contributed by atoms with E-state index in [9.17, 15) is 17.6 Å². The van der Waals surface area contributed by atoms with Crippen molar-refractivity contribution in [1.82, 2.24) is 4.72 Å². The van der Waals surface area contributed by atoms with Gasteiger partial charge in [0, 0.05) is 0 Å². The summed E-state index contributed by atoms with van der Waals surface area (Å²) in [7, 11) is -4.30. The first kappa shape index (κ1) is 16.9. The first-order chi connectivity index (χ1) is 9.20. The molecule has 0 radical (unpaired) electrons. The Morgan fingerprint density at radius 2 is 2.10 bits per heavy atom. The van der Waals surface area contributed by atoms with Gasteiger partial charge in [0.2, 0.25) is 10.0 Å². The van der Waals surface area contributed by atoms with Gasteiger partial charge in [0.1, 0.15) is 10.9 Å². The molecule has 1 unspecified atom stereocenters. The SMILES string of the molecule is CCC(C)[C@H](NS(=O)(=O)c1cccc(Cl)c1F)C(=O)O. The van der Waals surface area contributed by atoms with Gasteiger partial charge in [-0.3, -0.25) is 4.79 Å². The van der Waals surface area contributed by atoms with E-state index in [0.29, 0.717) is 6.42 Å². The van der Waals surface area contributed by atoms with Crippen molar-refractivity contribution in [2.24, 2.45) is 5.92 Å². The summed E-state index contributed by atoms with van der Waals surface area (Å²) in [6.45, 7) is 3.32. The van der Waals surface area contributed by atoms with Crippen molar-refractivity contribution in [1.29, 1.82) is 0 Å². The van der Waals surface area contributed by atoms with Gasteiger partial charge in [0.25, 0.3) is 0 Å². The minimum absolute atomic E-state index is 0.344. The van der Waals surface area contributed by atoms with Gasteiger partial charge >= 0.3 is 5.97 Å². The molecule has 0 aliphatic rings. The number of carboxylic acid groups (broad SMARTS) is 1. The quantitative estimate of drug-likeness (QED) is 0.841. The highest BCUT2D eigenvalue weighted by atomic mass is 35.5. The van der Waals surface area contributed by atoms with E-state index in [2.05, 4.69) is 0 Å². The van der Waals surface area contributed by atoms with Gasteiger partial charge in [-0.25, -0.2) is 12.8 Å². The highest BCUT2D eigenvalue weighted by Crippen LogP contribution is 2.22. The van der Waals surface area contributed by atoms with Crippen LogP contribution in [0, 0.1) is 11.7 Å². The molecular formula is C12H15ClFNO4S. The lowest BCUT2D eigenvalue weighted by molar-refractivity contribution is -0.140. The standard InChI is InChI=1S/C12H15ClFNO4S/c1-3-7(2)11(12(16)17)15-20(18,19)9-6-4-5-8(13)10(9)14/h4-7,11,15H,3H2,1-2H3,(H,16,17)/t7?,11-/m0/s1. The van der Waals surface area contributed by atoms with Crippen molar-refractivity contribution >= 4 is 27.6 Å². The van der Waals surface area contributed by atoms with Gasteiger partial charge < -0.3 is 5.11 Å². The summed E-state index contributed by atoms with van der Waals surface area (Å²) in [4.78, 5) is 10.4. The average Bonchev–Trinajstić information content (AvgIpc) is 2.37. The average molecular weight is 324 g/mol. The predicted octanol–water partition coefficient (Wildman–Crippen LogP) is 2.26. The fourth-order valence-corrected chi connectivity index (χ4v) is 3.20. The van der Waals surface area contributed by atoms with Gasteiger partial charge in [0.15, 0.2) is 5.82 Å². The number of sulfonamides is 1. The Kier molecular flexibility index (Phi) is 5.50. The maximum Gasteiger partial charge on any atom is 0.322 e. The van der Waals surface area contributed by atoms with Gasteiger partial charge in [0.05, 0.1) is 5.02 Å². The molecule has 1 rings (SSSR count). The molecule has 0 aliphatic carbocycles. The Morgan fingerprint density at radius 1 is 1.50 bits per heavy atom. The van der Waals surface area contributed by atoms with E-state index in [1.54, 1.807) is 13.8 Å². The molecule has 0 fully saturated rings. The third-order valence-corrected chi connectivity index (χ3v) is 4.72. The lowest BCUT2D eigenvalue weighted by Gasteiger charge is -2.20. The predicted molar refractivity (Wildman–Crippen MR) is 72.6 cm³/mol. The topological polar surface area (TPSA) is 83.5 Å². The summed E-state index contributed by atoms with van der Waals surface area (Å²) in [6, 6.07) is 2.18. The molecule has 0 aliphatic heterocycles. The van der Waals surface area contributed by atoms with Crippen molar-refractivity contribution in [3.63, 3.8) is 0 Å². The van der Waals surface area contributed by atoms with Gasteiger partial charge in [-0.1, -0.05) is 37.9 Å². The lowest BCUT2D eigenvalue weighted by atomic mass is 10.0. The van der Waals surface area contributed by atoms with Crippen LogP contribution in [0.4, 0.5) is 4.39 Å². The van der Waals surface area contributed by atoms with E-state index in [0.717, 1.165) is 6.07 Å². The number of hydrogen-bond donors (Lipinski definition) is 2. The molecule has 0 amide bonds. The number of carbonyl (C=O) groups is 1. The van der Waals surface area contributed by atoms with Crippen LogP contribution in [0.2, 0.25) is 5.02 Å². The fourth-order valence-electron chi connectivity index (χ4n) is 1.57. The Morgan fingerprint density at radius 3 is 2.60 bits per heavy atom. The zero-order chi connectivity index (χ0) is 15.5. The molecule has 0 saturated carbocycles. The molecule has 2 atom stereocenters. The molecule has 2 N–H and O–H groups in total. The van der Waals surface area contributed by atoms with Crippen LogP contribution >= 0.6 is 11.6 Å². The second-order valence-corrected chi connectivity index (χ2v) is 6.46. The molecule has 8 heteroatoms. The van der Waals surface area contributed by atoms with E-state index < -0.39 is 38.7 Å². The second-order valence-electron chi connectivity index (χ2n) is 4.37. The highest BCUT2D eigenvalue weighted by Gasteiger charge is 2.31. The van der Waals surface area contributed by atoms with E-state index >= 15 is 0 Å². The Labute approximate surface area is 121 Å². The first-order valence-corrected chi connectivity index (χ1v) is 7.76. The van der Waals surface area contributed by atoms with Crippen LogP contribution in [0.5, 0.6) is 0 Å². The number of carboxylic acids is 1. The molecule has 0 bridgehead atoms. The molecule has 1 aromatic rings. The molecule has 0 spiro atoms. The number of benzene rings is 1. The Balaban J connectivity index is 3.17. The van der Waals surface area contributed by atoms with Crippen molar-refractivity contribution < 1.29 is 22.7 Å². The van der Waals surface area contributed by atoms with Crippen LogP contribution in [-0.4, -0.2) is 25.5 Å². The summed E-state index contributed by atoms with van der Waals surface area (Å²) >= 11 is 5.53. The normalized spacial score (nSPS) is 14.8. The molecule has 0 saturated heterocycles. The zero-order valence-corrected chi connectivity index (χ0v) is 12.5. The number of hydrogen-bond acceptors (Lipinski definition) is 3. The molecular weight excluding hydrogens is 309 g/mol. The minimum atomic E-state index is -4.30. The Bertz CT molecular complexity index is 605. The van der Waals surface area contributed by atoms with Crippen molar-refractivity contribution in [3.8, 4) is 0 Å². The number of aliphatic carboxylic acids is 1. The zero-order valence-electron chi connectivity index (χ0n) is 10.9. The van der Waals surface area contributed by atoms with Crippen LogP contribution in [0.15, 0.2) is 23.1 Å². The number of nitrogens with one attached hydrogen (secondary N) is 1. The van der Waals surface area contributed by atoms with Crippen molar-refractivity contribution in [3.05, 3.63) is 29.0 Å². The van der Waals surface area contributed by atoms with Gasteiger partial charge in [-0.2, -0.15) is 4.72 Å². The van der Waals surface area contributed by atoms with Crippen LogP contribution in [0.1, 0.15) is 20.3 Å². The van der Waals surface area contributed by atoms with E-state index in [1.807, 2.05) is 4.72 Å². The second kappa shape index (κ2) is 6.51. The summed E-state index contributed by atoms with van der Waals surface area (Å²) in [5.74, 6) is -2.86. The first-order valence-electron chi connectivity index (χ1n) is 5.89. The third kappa shape index (κ3) is 3.68. The summed E-state index contributed by atoms with van der Waals surface area (Å²) in [5, 5.41) is 8.72. The molecule has 5 nitrogen and oxygen atoms in total. The fraction of sp³-hybridized carbons (Fsp3) is 0.417. The van der Waals surface area contributed by atoms with Crippen LogP contribution in [0.3, 0.4) is 0 Å². The summed E-state index contributed by atoms with van der Waals surface area (Å²) < 4.78 is 39.9. The van der Waals surface area contributed by atoms with Crippen LogP contribution < -0.4 is 4.72 Å². The smallest absolute Gasteiger partial charge is 0.322 e. The number of halogens is 2. The third-order valence-electron chi connectivity index (χ3n) is 2.97. The molecule has 0 aromatic heterocycles. The monoisotopic (exact) mass is 323 g/mol. The lowest BCUT2D eigenvalue weighted by Crippen LogP contribution is -2.45. The van der Waals surface area contributed by atoms with E-state index in [4.69, 9.17) is 16.7 Å². The highest BCUT2D eigenvalue weighted by molar-refractivity contribution is 7.89. The molecule has 0 heterocycles. The van der Waals surface area contributed by atoms with Crippen LogP contribution in [0.25, 0.3) is 0 Å². The van der Waals surface area contributed by atoms with E-state index in [-0.39, 0.29) is 5.02 Å². The maximum atomic E-state index is 13.7. The maximum absolute atomic E-state index is 13.7. The number of rotatable bonds is 6. The molecule has 112 valence electrons. The largest absolute Gasteiger partial charge is 0.480 e. The summed E-state index contributed by atoms with van der Waals surface area (Å²) in [5.41, 5.74) is 0. The van der Waals surface area contributed by atoms with Gasteiger partial charge in [-0.15, -0.1) is 0 Å². The van der Waals surface area contributed by atoms with Gasteiger partial charge in [-0.05, 0) is 18.1 Å². The molecule has 20 heavy (non-hydrogen) atoms. The minimum Gasteiger partial charge on any atom is -0.480 e.